The molecule has 0 saturated carbocycles. The predicted octanol–water partition coefficient (Wildman–Crippen LogP) is 4.59. The molecule has 1 fully saturated rings. The van der Waals surface area contributed by atoms with Gasteiger partial charge in [-0.2, -0.15) is 0 Å². The van der Waals surface area contributed by atoms with Gasteiger partial charge >= 0.3 is 0 Å². The van der Waals surface area contributed by atoms with Crippen molar-refractivity contribution in [2.75, 3.05) is 180 Å². The summed E-state index contributed by atoms with van der Waals surface area (Å²) in [6.07, 6.45) is 3.41. The first-order valence-electron chi connectivity index (χ1n) is 23.7. The average molecular weight is 1030 g/mol. The SMILES string of the molecule is Cc1nc(Nc2ncc(C(=O)Nc3c(C)cccc3Cl)s2)cc(N2CCN(CCOCc3cn(CCOCCOCCOCCOCCOCCOCCOCCOCCOCCN=[N+]=[N-])nn3)CC2)n1. The topological polar surface area (TPSA) is 258 Å². The number of aromatic nitrogens is 6. The number of nitrogens with zero attached hydrogens (tertiary/aromatic N) is 11. The fraction of sp³-hybridized carbons (Fsp3) is 0.644. The molecule has 1 amide bonds. The van der Waals surface area contributed by atoms with E-state index in [9.17, 15) is 4.79 Å². The van der Waals surface area contributed by atoms with E-state index in [0.29, 0.717) is 178 Å². The summed E-state index contributed by atoms with van der Waals surface area (Å²) in [6.45, 7) is 18.2. The number of aryl methyl sites for hydroxylation is 2. The van der Waals surface area contributed by atoms with Gasteiger partial charge in [0.25, 0.3) is 5.91 Å². The van der Waals surface area contributed by atoms with E-state index in [1.165, 1.54) is 17.5 Å². The third-order valence-corrected chi connectivity index (χ3v) is 11.4. The normalized spacial score (nSPS) is 12.9. The minimum atomic E-state index is -0.281. The van der Waals surface area contributed by atoms with Gasteiger partial charge in [0.2, 0.25) is 0 Å². The van der Waals surface area contributed by atoms with E-state index in [-0.39, 0.29) is 5.91 Å². The van der Waals surface area contributed by atoms with Crippen LogP contribution in [-0.4, -0.2) is 206 Å². The number of azide groups is 1. The van der Waals surface area contributed by atoms with Gasteiger partial charge in [-0.25, -0.2) is 19.6 Å². The summed E-state index contributed by atoms with van der Waals surface area (Å²) in [4.78, 5) is 34.3. The maximum atomic E-state index is 12.9. The molecule has 71 heavy (non-hydrogen) atoms. The van der Waals surface area contributed by atoms with Gasteiger partial charge in [0.05, 0.1) is 162 Å². The highest BCUT2D eigenvalue weighted by Gasteiger charge is 2.20. The zero-order valence-electron chi connectivity index (χ0n) is 40.8. The molecule has 1 aromatic carbocycles. The number of amides is 1. The first kappa shape index (κ1) is 57.2. The number of rotatable bonds is 40. The summed E-state index contributed by atoms with van der Waals surface area (Å²) in [6, 6.07) is 7.39. The lowest BCUT2D eigenvalue weighted by Crippen LogP contribution is -2.47. The molecule has 392 valence electrons. The summed E-state index contributed by atoms with van der Waals surface area (Å²) >= 11 is 7.53. The van der Waals surface area contributed by atoms with Crippen LogP contribution >= 0.6 is 22.9 Å². The fourth-order valence-corrected chi connectivity index (χ4v) is 7.53. The maximum absolute atomic E-state index is 12.9. The van der Waals surface area contributed by atoms with Gasteiger partial charge in [-0.3, -0.25) is 9.69 Å². The standard InChI is InChI=1S/C45H68ClN13O11S/c1-36-4-3-5-39(46)43(36)53-44(60)40-33-48-45(71-40)52-41-32-42(51-37(2)50-41)58-9-7-57(8-10-58)11-14-70-35-38-34-59(56-54-38)12-15-62-17-19-64-21-23-66-25-27-68-29-31-69-30-28-67-26-24-65-22-20-63-18-16-61-13-6-49-55-47/h3-5,32-34H,6-31,35H2,1-2H3,(H,53,60)(H,48,50,51,52). The Labute approximate surface area is 423 Å². The van der Waals surface area contributed by atoms with Gasteiger partial charge in [-0.15, -0.1) is 5.10 Å². The molecule has 1 aliphatic heterocycles. The summed E-state index contributed by atoms with van der Waals surface area (Å²) in [5, 5.41) is 19.0. The number of anilines is 4. The molecule has 0 unspecified atom stereocenters. The second kappa shape index (κ2) is 35.4. The van der Waals surface area contributed by atoms with Crippen molar-refractivity contribution in [3.8, 4) is 0 Å². The molecule has 4 heterocycles. The van der Waals surface area contributed by atoms with Crippen LogP contribution in [0.2, 0.25) is 5.02 Å². The van der Waals surface area contributed by atoms with Crippen molar-refractivity contribution in [1.82, 2.24) is 34.8 Å². The van der Waals surface area contributed by atoms with Crippen LogP contribution in [0.1, 0.15) is 26.8 Å². The van der Waals surface area contributed by atoms with Crippen molar-refractivity contribution in [2.45, 2.75) is 27.0 Å². The molecule has 1 saturated heterocycles. The molecule has 4 aromatic rings. The summed E-state index contributed by atoms with van der Waals surface area (Å²) in [5.41, 5.74) is 10.4. The predicted molar refractivity (Wildman–Crippen MR) is 266 cm³/mol. The van der Waals surface area contributed by atoms with Gasteiger partial charge in [-0.05, 0) is 31.0 Å². The number of piperazine rings is 1. The lowest BCUT2D eigenvalue weighted by Gasteiger charge is -2.35. The van der Waals surface area contributed by atoms with E-state index in [4.69, 9.17) is 69.5 Å². The Balaban J connectivity index is 0.776. The van der Waals surface area contributed by atoms with E-state index in [1.807, 2.05) is 38.2 Å². The number of thiazole rings is 1. The molecule has 0 spiro atoms. The third-order valence-electron chi connectivity index (χ3n) is 10.2. The first-order chi connectivity index (χ1) is 34.9. The van der Waals surface area contributed by atoms with Crippen molar-refractivity contribution < 1.29 is 52.2 Å². The number of halogens is 1. The Morgan fingerprint density at radius 2 is 1.31 bits per heavy atom. The molecule has 0 radical (unpaired) electrons. The Hall–Kier alpha value is -4.70. The number of nitrogens with one attached hydrogen (secondary N) is 2. The zero-order chi connectivity index (χ0) is 50.0. The van der Waals surface area contributed by atoms with Crippen LogP contribution < -0.4 is 15.5 Å². The van der Waals surface area contributed by atoms with Gasteiger partial charge in [0.1, 0.15) is 28.0 Å². The van der Waals surface area contributed by atoms with E-state index >= 15 is 0 Å². The average Bonchev–Trinajstić information content (AvgIpc) is 4.04. The lowest BCUT2D eigenvalue weighted by molar-refractivity contribution is -0.0250. The quantitative estimate of drug-likeness (QED) is 0.0267. The molecular formula is C45H68ClN13O11S. The number of carbonyl (C=O) groups is 1. The largest absolute Gasteiger partial charge is 0.379 e. The Morgan fingerprint density at radius 1 is 0.746 bits per heavy atom. The van der Waals surface area contributed by atoms with Crippen molar-refractivity contribution >= 4 is 51.3 Å². The summed E-state index contributed by atoms with van der Waals surface area (Å²) in [7, 11) is 0. The molecule has 24 nitrogen and oxygen atoms in total. The van der Waals surface area contributed by atoms with Gasteiger partial charge < -0.3 is 62.9 Å². The van der Waals surface area contributed by atoms with Crippen LogP contribution in [-0.2, 0) is 60.5 Å². The van der Waals surface area contributed by atoms with Crippen molar-refractivity contribution in [3.05, 3.63) is 74.1 Å². The van der Waals surface area contributed by atoms with Crippen LogP contribution in [0.15, 0.2) is 41.8 Å². The second-order valence-corrected chi connectivity index (χ2v) is 17.0. The fourth-order valence-electron chi connectivity index (χ4n) is 6.54. The number of benzene rings is 1. The van der Waals surface area contributed by atoms with E-state index in [0.717, 1.165) is 49.8 Å². The zero-order valence-corrected chi connectivity index (χ0v) is 42.3. The molecule has 26 heteroatoms. The molecule has 2 N–H and O–H groups in total. The van der Waals surface area contributed by atoms with Crippen LogP contribution in [0.25, 0.3) is 10.4 Å². The van der Waals surface area contributed by atoms with Gasteiger partial charge in [0, 0.05) is 50.2 Å². The van der Waals surface area contributed by atoms with Crippen LogP contribution in [0.4, 0.5) is 22.5 Å². The number of para-hydroxylation sites is 1. The second-order valence-electron chi connectivity index (χ2n) is 15.5. The number of carbonyl (C=O) groups excluding carboxylic acids is 1. The van der Waals surface area contributed by atoms with E-state index < -0.39 is 0 Å². The molecule has 0 aliphatic carbocycles. The van der Waals surface area contributed by atoms with Crippen molar-refractivity contribution in [2.24, 2.45) is 5.11 Å². The highest BCUT2D eigenvalue weighted by molar-refractivity contribution is 7.17. The van der Waals surface area contributed by atoms with Crippen LogP contribution in [0.5, 0.6) is 0 Å². The number of ether oxygens (including phenoxy) is 10. The third kappa shape index (κ3) is 24.1. The van der Waals surface area contributed by atoms with Gasteiger partial charge in [-0.1, -0.05) is 45.4 Å². The Morgan fingerprint density at radius 3 is 1.89 bits per heavy atom. The smallest absolute Gasteiger partial charge is 0.267 e. The van der Waals surface area contributed by atoms with Crippen LogP contribution in [0.3, 0.4) is 0 Å². The minimum Gasteiger partial charge on any atom is -0.379 e. The number of hydrogen-bond donors (Lipinski definition) is 2. The highest BCUT2D eigenvalue weighted by atomic mass is 35.5. The molecule has 0 bridgehead atoms. The summed E-state index contributed by atoms with van der Waals surface area (Å²) in [5.74, 6) is 1.80. The minimum absolute atomic E-state index is 0.281. The van der Waals surface area contributed by atoms with Crippen molar-refractivity contribution in [3.63, 3.8) is 0 Å². The Kier molecular flexibility index (Phi) is 28.5. The highest BCUT2D eigenvalue weighted by Crippen LogP contribution is 2.28. The van der Waals surface area contributed by atoms with Gasteiger partial charge in [0.15, 0.2) is 5.13 Å². The molecule has 5 rings (SSSR count). The van der Waals surface area contributed by atoms with Crippen LogP contribution in [0, 0.1) is 13.8 Å². The first-order valence-corrected chi connectivity index (χ1v) is 24.9. The maximum Gasteiger partial charge on any atom is 0.267 e. The monoisotopic (exact) mass is 1030 g/mol. The summed E-state index contributed by atoms with van der Waals surface area (Å²) < 4.78 is 57.1. The lowest BCUT2D eigenvalue weighted by atomic mass is 10.2. The van der Waals surface area contributed by atoms with E-state index in [1.54, 1.807) is 10.7 Å². The van der Waals surface area contributed by atoms with E-state index in [2.05, 4.69) is 50.7 Å². The number of hydrogen-bond acceptors (Lipinski definition) is 21. The molecule has 3 aromatic heterocycles. The molecular weight excluding hydrogens is 966 g/mol. The molecule has 0 atom stereocenters. The molecule has 1 aliphatic rings. The van der Waals surface area contributed by atoms with Crippen molar-refractivity contribution in [1.29, 1.82) is 0 Å². The Bertz CT molecular complexity index is 2110.